The molecule has 0 saturated heterocycles. The minimum Gasteiger partial charge on any atom is -0.352 e. The van der Waals surface area contributed by atoms with Crippen LogP contribution in [-0.2, 0) is 9.59 Å². The number of rotatable bonds is 6. The number of halogens is 1. The molecule has 0 heterocycles. The van der Waals surface area contributed by atoms with Crippen LogP contribution in [0.5, 0.6) is 0 Å². The van der Waals surface area contributed by atoms with Crippen molar-refractivity contribution in [3.63, 3.8) is 0 Å². The normalized spacial score (nSPS) is 15.6. The zero-order valence-electron chi connectivity index (χ0n) is 11.0. The third kappa shape index (κ3) is 7.50. The van der Waals surface area contributed by atoms with Crippen molar-refractivity contribution >= 4 is 24.2 Å². The van der Waals surface area contributed by atoms with Crippen LogP contribution in [0.15, 0.2) is 0 Å². The summed E-state index contributed by atoms with van der Waals surface area (Å²) >= 11 is 0. The lowest BCUT2D eigenvalue weighted by Crippen LogP contribution is -2.42. The van der Waals surface area contributed by atoms with Gasteiger partial charge in [-0.05, 0) is 19.9 Å². The Kier molecular flexibility index (Phi) is 9.69. The van der Waals surface area contributed by atoms with Crippen LogP contribution in [0.3, 0.4) is 0 Å². The molecule has 3 N–H and O–H groups in total. The molecule has 1 aliphatic carbocycles. The Morgan fingerprint density at radius 3 is 2.39 bits per heavy atom. The van der Waals surface area contributed by atoms with Gasteiger partial charge in [0.15, 0.2) is 0 Å². The Balaban J connectivity index is 0.00000289. The summed E-state index contributed by atoms with van der Waals surface area (Å²) in [6.45, 7) is 0.731. The summed E-state index contributed by atoms with van der Waals surface area (Å²) in [5.74, 6) is -0.159. The maximum Gasteiger partial charge on any atom is 0.239 e. The highest BCUT2D eigenvalue weighted by Gasteiger charge is 2.15. The molecule has 0 aromatic rings. The van der Waals surface area contributed by atoms with Crippen molar-refractivity contribution < 1.29 is 9.59 Å². The van der Waals surface area contributed by atoms with E-state index in [1.807, 2.05) is 0 Å². The Hall–Kier alpha value is -0.810. The van der Waals surface area contributed by atoms with Crippen LogP contribution in [0.2, 0.25) is 0 Å². The van der Waals surface area contributed by atoms with Gasteiger partial charge in [0.2, 0.25) is 11.8 Å². The molecule has 1 aliphatic rings. The van der Waals surface area contributed by atoms with Crippen LogP contribution in [0.25, 0.3) is 0 Å². The Morgan fingerprint density at radius 1 is 1.11 bits per heavy atom. The number of hydrogen-bond acceptors (Lipinski definition) is 3. The predicted molar refractivity (Wildman–Crippen MR) is 73.8 cm³/mol. The van der Waals surface area contributed by atoms with E-state index in [-0.39, 0.29) is 30.8 Å². The third-order valence-corrected chi connectivity index (χ3v) is 3.02. The molecule has 1 rings (SSSR count). The van der Waals surface area contributed by atoms with Crippen LogP contribution in [0, 0.1) is 0 Å². The van der Waals surface area contributed by atoms with Gasteiger partial charge in [0, 0.05) is 19.0 Å². The fourth-order valence-corrected chi connectivity index (χ4v) is 2.03. The SMILES string of the molecule is CNCCC(=O)NCC(=O)NC1CCCCC1.Cl. The molecule has 1 saturated carbocycles. The van der Waals surface area contributed by atoms with E-state index < -0.39 is 0 Å². The van der Waals surface area contributed by atoms with Crippen molar-refractivity contribution in [2.45, 2.75) is 44.6 Å². The molecule has 1 fully saturated rings. The summed E-state index contributed by atoms with van der Waals surface area (Å²) in [4.78, 5) is 22.8. The molecule has 0 aliphatic heterocycles. The fraction of sp³-hybridized carbons (Fsp3) is 0.833. The number of amides is 2. The van der Waals surface area contributed by atoms with Gasteiger partial charge in [0.25, 0.3) is 0 Å². The van der Waals surface area contributed by atoms with Crippen molar-refractivity contribution in [2.24, 2.45) is 0 Å². The minimum absolute atomic E-state index is 0. The molecule has 0 radical (unpaired) electrons. The van der Waals surface area contributed by atoms with E-state index in [2.05, 4.69) is 16.0 Å². The predicted octanol–water partition coefficient (Wildman–Crippen LogP) is 0.583. The standard InChI is InChI=1S/C12H23N3O2.ClH/c1-13-8-7-11(16)14-9-12(17)15-10-5-3-2-4-6-10;/h10,13H,2-9H2,1H3,(H,14,16)(H,15,17);1H. The van der Waals surface area contributed by atoms with Crippen LogP contribution in [0.1, 0.15) is 38.5 Å². The summed E-state index contributed by atoms with van der Waals surface area (Å²) < 4.78 is 0. The average Bonchev–Trinajstić information content (AvgIpc) is 2.35. The molecule has 6 heteroatoms. The highest BCUT2D eigenvalue weighted by Crippen LogP contribution is 2.16. The molecule has 5 nitrogen and oxygen atoms in total. The highest BCUT2D eigenvalue weighted by molar-refractivity contribution is 5.85. The first-order chi connectivity index (χ1) is 8.22. The molecule has 2 amide bonds. The molecule has 18 heavy (non-hydrogen) atoms. The van der Waals surface area contributed by atoms with Crippen molar-refractivity contribution in [1.29, 1.82) is 0 Å². The van der Waals surface area contributed by atoms with Gasteiger partial charge in [-0.15, -0.1) is 12.4 Å². The van der Waals surface area contributed by atoms with Gasteiger partial charge in [0.1, 0.15) is 0 Å². The van der Waals surface area contributed by atoms with Crippen molar-refractivity contribution in [1.82, 2.24) is 16.0 Å². The van der Waals surface area contributed by atoms with Crippen molar-refractivity contribution in [3.8, 4) is 0 Å². The number of carbonyl (C=O) groups is 2. The summed E-state index contributed by atoms with van der Waals surface area (Å²) in [7, 11) is 1.79. The van der Waals surface area contributed by atoms with Gasteiger partial charge in [-0.2, -0.15) is 0 Å². The monoisotopic (exact) mass is 277 g/mol. The second-order valence-corrected chi connectivity index (χ2v) is 4.53. The fourth-order valence-electron chi connectivity index (χ4n) is 2.03. The molecule has 0 unspecified atom stereocenters. The molecule has 0 aromatic heterocycles. The van der Waals surface area contributed by atoms with E-state index in [0.717, 1.165) is 12.8 Å². The second-order valence-electron chi connectivity index (χ2n) is 4.53. The van der Waals surface area contributed by atoms with Gasteiger partial charge in [-0.3, -0.25) is 9.59 Å². The van der Waals surface area contributed by atoms with Crippen LogP contribution >= 0.6 is 12.4 Å². The van der Waals surface area contributed by atoms with E-state index in [1.165, 1.54) is 19.3 Å². The summed E-state index contributed by atoms with van der Waals surface area (Å²) in [5, 5.41) is 8.47. The Bertz CT molecular complexity index is 256. The quantitative estimate of drug-likeness (QED) is 0.665. The van der Waals surface area contributed by atoms with Gasteiger partial charge in [-0.25, -0.2) is 0 Å². The lowest BCUT2D eigenvalue weighted by Gasteiger charge is -2.22. The summed E-state index contributed by atoms with van der Waals surface area (Å²) in [6.07, 6.45) is 6.21. The van der Waals surface area contributed by atoms with Gasteiger partial charge in [-0.1, -0.05) is 19.3 Å². The minimum atomic E-state index is -0.0851. The van der Waals surface area contributed by atoms with E-state index >= 15 is 0 Å². The van der Waals surface area contributed by atoms with Crippen LogP contribution in [0.4, 0.5) is 0 Å². The molecule has 106 valence electrons. The van der Waals surface area contributed by atoms with Gasteiger partial charge in [0.05, 0.1) is 6.54 Å². The molecule has 0 spiro atoms. The number of carbonyl (C=O) groups excluding carboxylic acids is 2. The first-order valence-corrected chi connectivity index (χ1v) is 6.43. The smallest absolute Gasteiger partial charge is 0.239 e. The zero-order valence-corrected chi connectivity index (χ0v) is 11.8. The maximum atomic E-state index is 11.5. The lowest BCUT2D eigenvalue weighted by molar-refractivity contribution is -0.126. The van der Waals surface area contributed by atoms with E-state index in [9.17, 15) is 9.59 Å². The summed E-state index contributed by atoms with van der Waals surface area (Å²) in [6, 6.07) is 0.311. The van der Waals surface area contributed by atoms with E-state index in [1.54, 1.807) is 7.05 Å². The summed E-state index contributed by atoms with van der Waals surface area (Å²) in [5.41, 5.74) is 0. The Labute approximate surface area is 115 Å². The lowest BCUT2D eigenvalue weighted by atomic mass is 9.95. The van der Waals surface area contributed by atoms with E-state index in [4.69, 9.17) is 0 Å². The van der Waals surface area contributed by atoms with E-state index in [0.29, 0.717) is 19.0 Å². The molecular weight excluding hydrogens is 254 g/mol. The largest absolute Gasteiger partial charge is 0.352 e. The number of hydrogen-bond donors (Lipinski definition) is 3. The second kappa shape index (κ2) is 10.1. The van der Waals surface area contributed by atoms with Crippen molar-refractivity contribution in [2.75, 3.05) is 20.1 Å². The molecule has 0 atom stereocenters. The van der Waals surface area contributed by atoms with Crippen molar-refractivity contribution in [3.05, 3.63) is 0 Å². The molecule has 0 aromatic carbocycles. The van der Waals surface area contributed by atoms with Crippen LogP contribution in [-0.4, -0.2) is 38.0 Å². The Morgan fingerprint density at radius 2 is 1.78 bits per heavy atom. The topological polar surface area (TPSA) is 70.2 Å². The first kappa shape index (κ1) is 17.2. The third-order valence-electron chi connectivity index (χ3n) is 3.02. The average molecular weight is 278 g/mol. The molecular formula is C12H24ClN3O2. The van der Waals surface area contributed by atoms with Gasteiger partial charge >= 0.3 is 0 Å². The van der Waals surface area contributed by atoms with Crippen LogP contribution < -0.4 is 16.0 Å². The first-order valence-electron chi connectivity index (χ1n) is 6.43. The maximum absolute atomic E-state index is 11.5. The van der Waals surface area contributed by atoms with Gasteiger partial charge < -0.3 is 16.0 Å². The zero-order chi connectivity index (χ0) is 12.5. The highest BCUT2D eigenvalue weighted by atomic mass is 35.5. The number of nitrogens with one attached hydrogen (secondary N) is 3. The molecule has 0 bridgehead atoms.